The molecule has 1 saturated heterocycles. The molecule has 1 fully saturated rings. The lowest BCUT2D eigenvalue weighted by Gasteiger charge is -2.35. The van der Waals surface area contributed by atoms with Crippen molar-refractivity contribution in [2.45, 2.75) is 20.3 Å². The zero-order valence-corrected chi connectivity index (χ0v) is 15.4. The Bertz CT molecular complexity index is 925. The first-order valence-corrected chi connectivity index (χ1v) is 9.15. The van der Waals surface area contributed by atoms with Crippen LogP contribution in [0.15, 0.2) is 61.3 Å². The van der Waals surface area contributed by atoms with Gasteiger partial charge in [-0.1, -0.05) is 50.8 Å². The van der Waals surface area contributed by atoms with Gasteiger partial charge in [-0.05, 0) is 41.3 Å². The van der Waals surface area contributed by atoms with E-state index in [1.807, 2.05) is 50.4 Å². The van der Waals surface area contributed by atoms with Crippen LogP contribution in [0.3, 0.4) is 0 Å². The number of fused-ring (bicyclic) bond motifs is 1. The lowest BCUT2D eigenvalue weighted by molar-refractivity contribution is 0.112. The van der Waals surface area contributed by atoms with Crippen LogP contribution >= 0.6 is 0 Å². The van der Waals surface area contributed by atoms with Crippen LogP contribution in [0.5, 0.6) is 0 Å². The van der Waals surface area contributed by atoms with Gasteiger partial charge in [0.2, 0.25) is 0 Å². The Morgan fingerprint density at radius 1 is 1.08 bits per heavy atom. The van der Waals surface area contributed by atoms with Gasteiger partial charge in [-0.2, -0.15) is 0 Å². The Labute approximate surface area is 155 Å². The fraction of sp³-hybridized carbons (Fsp3) is 0.217. The molecular formula is C23H24N2O. The first-order chi connectivity index (χ1) is 12.8. The highest BCUT2D eigenvalue weighted by atomic mass is 16.1. The van der Waals surface area contributed by atoms with Crippen molar-refractivity contribution in [1.29, 1.82) is 0 Å². The van der Waals surface area contributed by atoms with Crippen LogP contribution in [-0.4, -0.2) is 29.3 Å². The van der Waals surface area contributed by atoms with E-state index in [1.165, 1.54) is 6.42 Å². The second kappa shape index (κ2) is 7.96. The highest BCUT2D eigenvalue weighted by molar-refractivity contribution is 5.96. The van der Waals surface area contributed by atoms with E-state index in [-0.39, 0.29) is 0 Å². The predicted octanol–water partition coefficient (Wildman–Crippen LogP) is 5.42. The van der Waals surface area contributed by atoms with Gasteiger partial charge in [-0.25, -0.2) is 0 Å². The number of nitrogens with zero attached hydrogens (tertiary/aromatic N) is 2. The number of pyridine rings is 1. The topological polar surface area (TPSA) is 33.2 Å². The van der Waals surface area contributed by atoms with Crippen molar-refractivity contribution in [3.63, 3.8) is 0 Å². The fourth-order valence-corrected chi connectivity index (χ4v) is 3.09. The molecule has 3 nitrogen and oxygen atoms in total. The van der Waals surface area contributed by atoms with Crippen molar-refractivity contribution in [3.8, 4) is 11.1 Å². The number of hydrogen-bond donors (Lipinski definition) is 0. The van der Waals surface area contributed by atoms with E-state index in [1.54, 1.807) is 0 Å². The van der Waals surface area contributed by atoms with Gasteiger partial charge in [0, 0.05) is 35.9 Å². The second-order valence-electron chi connectivity index (χ2n) is 6.12. The molecule has 2 heterocycles. The van der Waals surface area contributed by atoms with E-state index >= 15 is 0 Å². The lowest BCUT2D eigenvalue weighted by Crippen LogP contribution is -2.34. The normalized spacial score (nSPS) is 12.8. The molecule has 3 heteroatoms. The number of aromatic nitrogens is 1. The van der Waals surface area contributed by atoms with E-state index in [2.05, 4.69) is 34.7 Å². The lowest BCUT2D eigenvalue weighted by atomic mass is 9.98. The number of hydrogen-bond acceptors (Lipinski definition) is 3. The molecule has 1 aliphatic heterocycles. The minimum absolute atomic E-state index is 0.684. The fourth-order valence-electron chi connectivity index (χ4n) is 3.09. The summed E-state index contributed by atoms with van der Waals surface area (Å²) < 4.78 is 0. The number of likely N-dealkylation sites (tertiary alicyclic amines) is 1. The summed E-state index contributed by atoms with van der Waals surface area (Å²) >= 11 is 0. The maximum Gasteiger partial charge on any atom is 0.150 e. The smallest absolute Gasteiger partial charge is 0.150 e. The average Bonchev–Trinajstić information content (AvgIpc) is 2.67. The van der Waals surface area contributed by atoms with Gasteiger partial charge in [-0.3, -0.25) is 9.78 Å². The largest absolute Gasteiger partial charge is 0.371 e. The molecule has 0 atom stereocenters. The van der Waals surface area contributed by atoms with Gasteiger partial charge >= 0.3 is 0 Å². The molecule has 0 unspecified atom stereocenters. The van der Waals surface area contributed by atoms with E-state index in [0.717, 1.165) is 52.7 Å². The van der Waals surface area contributed by atoms with Crippen molar-refractivity contribution >= 4 is 22.9 Å². The Morgan fingerprint density at radius 3 is 2.42 bits per heavy atom. The summed E-state index contributed by atoms with van der Waals surface area (Å²) in [4.78, 5) is 17.6. The Kier molecular flexibility index (Phi) is 5.47. The number of carbonyl (C=O) groups is 1. The van der Waals surface area contributed by atoms with E-state index < -0.39 is 0 Å². The first-order valence-electron chi connectivity index (χ1n) is 9.15. The molecule has 4 rings (SSSR count). The molecule has 1 aromatic heterocycles. The molecule has 26 heavy (non-hydrogen) atoms. The first kappa shape index (κ1) is 17.9. The number of carbonyl (C=O) groups excluding carboxylic acids is 1. The standard InChI is InChI=1S/C21H18N2O.C2H6/c1-15(23-11-2-12-23)18-7-8-21-20(13-18)19(9-10-22-21)17-5-3-16(14-24)4-6-17;1-2/h3-10,13-14H,1-2,11-12H2;1-2H3. The summed E-state index contributed by atoms with van der Waals surface area (Å²) in [6, 6.07) is 16.0. The van der Waals surface area contributed by atoms with E-state index in [0.29, 0.717) is 5.56 Å². The zero-order valence-electron chi connectivity index (χ0n) is 15.4. The summed E-state index contributed by atoms with van der Waals surface area (Å²) in [5, 5.41) is 1.11. The Balaban J connectivity index is 0.000000948. The third-order valence-corrected chi connectivity index (χ3v) is 4.67. The van der Waals surface area contributed by atoms with Crippen LogP contribution in [0, 0.1) is 0 Å². The molecule has 0 aliphatic carbocycles. The minimum atomic E-state index is 0.684. The van der Waals surface area contributed by atoms with E-state index in [9.17, 15) is 4.79 Å². The summed E-state index contributed by atoms with van der Waals surface area (Å²) in [5.41, 5.74) is 6.07. The molecule has 0 saturated carbocycles. The molecule has 0 bridgehead atoms. The Morgan fingerprint density at radius 2 is 1.81 bits per heavy atom. The third-order valence-electron chi connectivity index (χ3n) is 4.67. The molecule has 0 amide bonds. The molecule has 0 radical (unpaired) electrons. The van der Waals surface area contributed by atoms with Crippen LogP contribution in [0.1, 0.15) is 36.2 Å². The van der Waals surface area contributed by atoms with Crippen molar-refractivity contribution in [2.75, 3.05) is 13.1 Å². The summed E-state index contributed by atoms with van der Waals surface area (Å²) in [5.74, 6) is 0. The second-order valence-corrected chi connectivity index (χ2v) is 6.12. The third kappa shape index (κ3) is 3.38. The summed E-state index contributed by atoms with van der Waals surface area (Å²) in [6.07, 6.45) is 3.93. The van der Waals surface area contributed by atoms with Crippen molar-refractivity contribution in [2.24, 2.45) is 0 Å². The summed E-state index contributed by atoms with van der Waals surface area (Å²) in [6.45, 7) is 10.4. The van der Waals surface area contributed by atoms with Crippen molar-refractivity contribution in [1.82, 2.24) is 9.88 Å². The van der Waals surface area contributed by atoms with Crippen LogP contribution in [0.4, 0.5) is 0 Å². The number of benzene rings is 2. The maximum atomic E-state index is 10.9. The summed E-state index contributed by atoms with van der Waals surface area (Å²) in [7, 11) is 0. The van der Waals surface area contributed by atoms with Gasteiger partial charge in [0.05, 0.1) is 5.52 Å². The maximum absolute atomic E-state index is 10.9. The molecule has 2 aromatic carbocycles. The van der Waals surface area contributed by atoms with Crippen LogP contribution in [0.25, 0.3) is 27.7 Å². The average molecular weight is 344 g/mol. The molecule has 0 spiro atoms. The molecular weight excluding hydrogens is 320 g/mol. The van der Waals surface area contributed by atoms with Gasteiger partial charge in [0.15, 0.2) is 0 Å². The van der Waals surface area contributed by atoms with Crippen molar-refractivity contribution < 1.29 is 4.79 Å². The van der Waals surface area contributed by atoms with Crippen molar-refractivity contribution in [3.05, 3.63) is 72.4 Å². The number of rotatable bonds is 4. The minimum Gasteiger partial charge on any atom is -0.371 e. The zero-order chi connectivity index (χ0) is 18.5. The molecule has 3 aromatic rings. The van der Waals surface area contributed by atoms with E-state index in [4.69, 9.17) is 0 Å². The van der Waals surface area contributed by atoms with Gasteiger partial charge < -0.3 is 4.90 Å². The molecule has 0 N–H and O–H groups in total. The highest BCUT2D eigenvalue weighted by Gasteiger charge is 2.17. The SMILES string of the molecule is C=C(c1ccc2nccc(-c3ccc(C=O)cc3)c2c1)N1CCC1.CC. The van der Waals surface area contributed by atoms with Gasteiger partial charge in [0.25, 0.3) is 0 Å². The molecule has 132 valence electrons. The van der Waals surface area contributed by atoms with Crippen LogP contribution in [-0.2, 0) is 0 Å². The number of aldehydes is 1. The Hall–Kier alpha value is -2.94. The van der Waals surface area contributed by atoms with Crippen LogP contribution in [0.2, 0.25) is 0 Å². The van der Waals surface area contributed by atoms with Crippen LogP contribution < -0.4 is 0 Å². The quantitative estimate of drug-likeness (QED) is 0.593. The van der Waals surface area contributed by atoms with Gasteiger partial charge in [-0.15, -0.1) is 0 Å². The monoisotopic (exact) mass is 344 g/mol. The molecule has 1 aliphatic rings. The highest BCUT2D eigenvalue weighted by Crippen LogP contribution is 2.31. The van der Waals surface area contributed by atoms with Gasteiger partial charge in [0.1, 0.15) is 6.29 Å². The predicted molar refractivity (Wildman–Crippen MR) is 109 cm³/mol.